The molecule has 2 aliphatic rings. The standard InChI is InChI=1S/C22H24ClFN2O/c23-19-9-3-10-20(24)18(19)15-25-12-4-8-17(14-25)22(27)26-13-5-7-16-6-1-2-11-21(16)26/h1-3,6,9-11,17H,4-5,7-8,12-15H2. The van der Waals surface area contributed by atoms with Gasteiger partial charge in [-0.05, 0) is 56.0 Å². The van der Waals surface area contributed by atoms with Gasteiger partial charge in [0, 0.05) is 35.9 Å². The number of amides is 1. The van der Waals surface area contributed by atoms with Crippen LogP contribution in [-0.2, 0) is 17.8 Å². The van der Waals surface area contributed by atoms with Gasteiger partial charge in [-0.25, -0.2) is 4.39 Å². The second-order valence-corrected chi connectivity index (χ2v) is 7.90. The molecule has 27 heavy (non-hydrogen) atoms. The predicted octanol–water partition coefficient (Wildman–Crippen LogP) is 4.67. The van der Waals surface area contributed by atoms with Gasteiger partial charge in [0.2, 0.25) is 5.91 Å². The molecule has 0 bridgehead atoms. The quantitative estimate of drug-likeness (QED) is 0.765. The van der Waals surface area contributed by atoms with Gasteiger partial charge in [-0.3, -0.25) is 9.69 Å². The molecule has 1 saturated heterocycles. The number of benzene rings is 2. The van der Waals surface area contributed by atoms with E-state index < -0.39 is 0 Å². The molecule has 0 spiro atoms. The van der Waals surface area contributed by atoms with Crippen LogP contribution in [0.4, 0.5) is 10.1 Å². The summed E-state index contributed by atoms with van der Waals surface area (Å²) in [5.41, 5.74) is 2.83. The summed E-state index contributed by atoms with van der Waals surface area (Å²) in [6.45, 7) is 2.75. The van der Waals surface area contributed by atoms with Crippen LogP contribution in [0.2, 0.25) is 5.02 Å². The molecule has 0 radical (unpaired) electrons. The third-order valence-electron chi connectivity index (χ3n) is 5.67. The number of piperidine rings is 1. The van der Waals surface area contributed by atoms with Crippen LogP contribution in [0.25, 0.3) is 0 Å². The molecule has 1 unspecified atom stereocenters. The minimum Gasteiger partial charge on any atom is -0.312 e. The minimum atomic E-state index is -0.277. The normalized spacial score (nSPS) is 20.4. The monoisotopic (exact) mass is 386 g/mol. The molecule has 0 saturated carbocycles. The van der Waals surface area contributed by atoms with E-state index in [2.05, 4.69) is 11.0 Å². The molecule has 2 aliphatic heterocycles. The Balaban J connectivity index is 1.48. The topological polar surface area (TPSA) is 23.6 Å². The highest BCUT2D eigenvalue weighted by molar-refractivity contribution is 6.31. The number of hydrogen-bond acceptors (Lipinski definition) is 2. The summed E-state index contributed by atoms with van der Waals surface area (Å²) in [4.78, 5) is 17.4. The number of fused-ring (bicyclic) bond motifs is 1. The maximum Gasteiger partial charge on any atom is 0.231 e. The number of nitrogens with zero attached hydrogens (tertiary/aromatic N) is 2. The average Bonchev–Trinajstić information content (AvgIpc) is 2.70. The largest absolute Gasteiger partial charge is 0.312 e. The van der Waals surface area contributed by atoms with Crippen LogP contribution in [0.5, 0.6) is 0 Å². The Labute approximate surface area is 164 Å². The van der Waals surface area contributed by atoms with Crippen molar-refractivity contribution in [3.05, 3.63) is 64.4 Å². The molecule has 1 atom stereocenters. The third kappa shape index (κ3) is 3.87. The molecule has 4 rings (SSSR count). The zero-order valence-corrected chi connectivity index (χ0v) is 16.1. The van der Waals surface area contributed by atoms with Crippen molar-refractivity contribution < 1.29 is 9.18 Å². The number of anilines is 1. The van der Waals surface area contributed by atoms with Crippen molar-refractivity contribution in [3.63, 3.8) is 0 Å². The van der Waals surface area contributed by atoms with Gasteiger partial charge in [0.1, 0.15) is 5.82 Å². The van der Waals surface area contributed by atoms with Gasteiger partial charge in [0.25, 0.3) is 0 Å². The summed E-state index contributed by atoms with van der Waals surface area (Å²) >= 11 is 6.18. The Bertz CT molecular complexity index is 821. The number of likely N-dealkylation sites (tertiary alicyclic amines) is 1. The van der Waals surface area contributed by atoms with Crippen molar-refractivity contribution in [2.75, 3.05) is 24.5 Å². The van der Waals surface area contributed by atoms with Crippen molar-refractivity contribution >= 4 is 23.2 Å². The molecule has 5 heteroatoms. The summed E-state index contributed by atoms with van der Waals surface area (Å²) < 4.78 is 14.1. The molecule has 3 nitrogen and oxygen atoms in total. The first kappa shape index (κ1) is 18.5. The molecule has 0 aliphatic carbocycles. The number of aryl methyl sites for hydroxylation is 1. The molecule has 1 fully saturated rings. The predicted molar refractivity (Wildman–Crippen MR) is 107 cm³/mol. The molecule has 2 aromatic rings. The van der Waals surface area contributed by atoms with Crippen molar-refractivity contribution in [2.24, 2.45) is 5.92 Å². The molecule has 2 heterocycles. The molecule has 142 valence electrons. The van der Waals surface area contributed by atoms with Crippen LogP contribution in [0.15, 0.2) is 42.5 Å². The fraction of sp³-hybridized carbons (Fsp3) is 0.409. The van der Waals surface area contributed by atoms with Crippen molar-refractivity contribution in [1.82, 2.24) is 4.90 Å². The van der Waals surface area contributed by atoms with Crippen LogP contribution < -0.4 is 4.90 Å². The number of carbonyl (C=O) groups excluding carboxylic acids is 1. The summed E-state index contributed by atoms with van der Waals surface area (Å²) in [6, 6.07) is 13.0. The van der Waals surface area contributed by atoms with Gasteiger partial charge in [-0.1, -0.05) is 35.9 Å². The van der Waals surface area contributed by atoms with E-state index in [1.807, 2.05) is 23.1 Å². The van der Waals surface area contributed by atoms with E-state index >= 15 is 0 Å². The highest BCUT2D eigenvalue weighted by Gasteiger charge is 2.32. The minimum absolute atomic E-state index is 0.0459. The Morgan fingerprint density at radius 1 is 1.11 bits per heavy atom. The number of para-hydroxylation sites is 1. The van der Waals surface area contributed by atoms with E-state index in [1.165, 1.54) is 11.6 Å². The van der Waals surface area contributed by atoms with Crippen LogP contribution >= 0.6 is 11.6 Å². The lowest BCUT2D eigenvalue weighted by Gasteiger charge is -2.37. The lowest BCUT2D eigenvalue weighted by atomic mass is 9.93. The highest BCUT2D eigenvalue weighted by Crippen LogP contribution is 2.30. The summed E-state index contributed by atoms with van der Waals surface area (Å²) in [6.07, 6.45) is 3.86. The summed E-state index contributed by atoms with van der Waals surface area (Å²) in [7, 11) is 0. The van der Waals surface area contributed by atoms with E-state index in [9.17, 15) is 9.18 Å². The smallest absolute Gasteiger partial charge is 0.231 e. The zero-order valence-electron chi connectivity index (χ0n) is 15.3. The average molecular weight is 387 g/mol. The Hall–Kier alpha value is -1.91. The van der Waals surface area contributed by atoms with Gasteiger partial charge in [0.15, 0.2) is 0 Å². The van der Waals surface area contributed by atoms with Crippen LogP contribution in [0, 0.1) is 11.7 Å². The first-order valence-electron chi connectivity index (χ1n) is 9.68. The fourth-order valence-electron chi connectivity index (χ4n) is 4.29. The van der Waals surface area contributed by atoms with E-state index in [-0.39, 0.29) is 17.6 Å². The number of hydrogen-bond donors (Lipinski definition) is 0. The molecular weight excluding hydrogens is 363 g/mol. The lowest BCUT2D eigenvalue weighted by Crippen LogP contribution is -2.46. The molecule has 1 amide bonds. The maximum absolute atomic E-state index is 14.1. The van der Waals surface area contributed by atoms with Gasteiger partial charge in [0.05, 0.1) is 5.92 Å². The van der Waals surface area contributed by atoms with E-state index in [1.54, 1.807) is 12.1 Å². The molecule has 0 N–H and O–H groups in total. The van der Waals surface area contributed by atoms with Gasteiger partial charge < -0.3 is 4.90 Å². The van der Waals surface area contributed by atoms with Crippen LogP contribution in [-0.4, -0.2) is 30.4 Å². The molecule has 0 aromatic heterocycles. The maximum atomic E-state index is 14.1. The van der Waals surface area contributed by atoms with E-state index in [4.69, 9.17) is 11.6 Å². The SMILES string of the molecule is O=C(C1CCCN(Cc2c(F)cccc2Cl)C1)N1CCCc2ccccc21. The first-order valence-corrected chi connectivity index (χ1v) is 10.1. The van der Waals surface area contributed by atoms with E-state index in [0.29, 0.717) is 23.7 Å². The second-order valence-electron chi connectivity index (χ2n) is 7.50. The summed E-state index contributed by atoms with van der Waals surface area (Å²) in [5, 5.41) is 0.452. The second kappa shape index (κ2) is 7.99. The number of halogens is 2. The van der Waals surface area contributed by atoms with Crippen LogP contribution in [0.3, 0.4) is 0 Å². The van der Waals surface area contributed by atoms with Crippen molar-refractivity contribution in [1.29, 1.82) is 0 Å². The Morgan fingerprint density at radius 3 is 2.81 bits per heavy atom. The van der Waals surface area contributed by atoms with Gasteiger partial charge in [-0.15, -0.1) is 0 Å². The first-order chi connectivity index (χ1) is 13.1. The fourth-order valence-corrected chi connectivity index (χ4v) is 4.51. The van der Waals surface area contributed by atoms with Crippen molar-refractivity contribution in [2.45, 2.75) is 32.2 Å². The highest BCUT2D eigenvalue weighted by atomic mass is 35.5. The number of carbonyl (C=O) groups is 1. The molecular formula is C22H24ClFN2O. The van der Waals surface area contributed by atoms with E-state index in [0.717, 1.165) is 44.5 Å². The van der Waals surface area contributed by atoms with Crippen molar-refractivity contribution in [3.8, 4) is 0 Å². The van der Waals surface area contributed by atoms with Gasteiger partial charge in [-0.2, -0.15) is 0 Å². The summed E-state index contributed by atoms with van der Waals surface area (Å²) in [5.74, 6) is -0.122. The zero-order chi connectivity index (χ0) is 18.8. The molecule has 2 aromatic carbocycles. The van der Waals surface area contributed by atoms with Gasteiger partial charge >= 0.3 is 0 Å². The number of rotatable bonds is 3. The van der Waals surface area contributed by atoms with Crippen LogP contribution in [0.1, 0.15) is 30.4 Å². The third-order valence-corrected chi connectivity index (χ3v) is 6.03. The Morgan fingerprint density at radius 2 is 1.96 bits per heavy atom. The Kier molecular flexibility index (Phi) is 5.46. The lowest BCUT2D eigenvalue weighted by molar-refractivity contribution is -0.124.